The van der Waals surface area contributed by atoms with E-state index in [1.807, 2.05) is 6.07 Å². The molecule has 1 spiro atoms. The summed E-state index contributed by atoms with van der Waals surface area (Å²) in [7, 11) is 1.70. The van der Waals surface area contributed by atoms with Crippen LogP contribution in [0.1, 0.15) is 24.0 Å². The van der Waals surface area contributed by atoms with Crippen LogP contribution in [0.3, 0.4) is 0 Å². The quantitative estimate of drug-likeness (QED) is 0.762. The SMILES string of the molecule is COc1ccc2c(c1)C1(CCC2)CN=C(N)N1. The summed E-state index contributed by atoms with van der Waals surface area (Å²) in [6, 6.07) is 6.30. The molecule has 0 saturated carbocycles. The molecule has 0 radical (unpaired) electrons. The van der Waals surface area contributed by atoms with Crippen molar-refractivity contribution in [2.75, 3.05) is 13.7 Å². The first-order valence-corrected chi connectivity index (χ1v) is 5.99. The number of nitrogens with one attached hydrogen (secondary N) is 1. The van der Waals surface area contributed by atoms with E-state index in [4.69, 9.17) is 10.5 Å². The molecule has 2 aliphatic rings. The Kier molecular flexibility index (Phi) is 2.24. The van der Waals surface area contributed by atoms with Gasteiger partial charge in [-0.05, 0) is 42.5 Å². The number of hydrogen-bond donors (Lipinski definition) is 2. The third-order valence-corrected chi connectivity index (χ3v) is 3.77. The van der Waals surface area contributed by atoms with Crippen LogP contribution in [0.2, 0.25) is 0 Å². The zero-order valence-corrected chi connectivity index (χ0v) is 9.99. The van der Waals surface area contributed by atoms with Crippen LogP contribution in [0.25, 0.3) is 0 Å². The van der Waals surface area contributed by atoms with Gasteiger partial charge in [-0.15, -0.1) is 0 Å². The first kappa shape index (κ1) is 10.4. The first-order chi connectivity index (χ1) is 8.23. The molecule has 0 bridgehead atoms. The minimum atomic E-state index is -0.0911. The summed E-state index contributed by atoms with van der Waals surface area (Å²) in [5.74, 6) is 1.46. The van der Waals surface area contributed by atoms with E-state index < -0.39 is 0 Å². The third kappa shape index (κ3) is 1.55. The highest BCUT2D eigenvalue weighted by Crippen LogP contribution is 2.39. The van der Waals surface area contributed by atoms with Gasteiger partial charge in [0.1, 0.15) is 5.75 Å². The van der Waals surface area contributed by atoms with Crippen LogP contribution in [0.15, 0.2) is 23.2 Å². The van der Waals surface area contributed by atoms with Crippen LogP contribution < -0.4 is 15.8 Å². The van der Waals surface area contributed by atoms with Crippen molar-refractivity contribution >= 4 is 5.96 Å². The van der Waals surface area contributed by atoms with Gasteiger partial charge in [-0.2, -0.15) is 0 Å². The number of hydrogen-bond acceptors (Lipinski definition) is 4. The molecule has 1 aromatic rings. The van der Waals surface area contributed by atoms with Gasteiger partial charge in [0.25, 0.3) is 0 Å². The molecule has 1 atom stereocenters. The normalized spacial score (nSPS) is 26.3. The van der Waals surface area contributed by atoms with Crippen LogP contribution in [0.5, 0.6) is 5.75 Å². The Labute approximate surface area is 101 Å². The van der Waals surface area contributed by atoms with Gasteiger partial charge < -0.3 is 15.8 Å². The number of aliphatic imine (C=N–C) groups is 1. The summed E-state index contributed by atoms with van der Waals surface area (Å²) in [5, 5.41) is 3.35. The van der Waals surface area contributed by atoms with Crippen LogP contribution >= 0.6 is 0 Å². The number of fused-ring (bicyclic) bond motifs is 2. The van der Waals surface area contributed by atoms with Crippen molar-refractivity contribution in [3.8, 4) is 5.75 Å². The van der Waals surface area contributed by atoms with Gasteiger partial charge in [0.2, 0.25) is 0 Å². The Hall–Kier alpha value is -1.71. The average Bonchev–Trinajstić information content (AvgIpc) is 2.72. The lowest BCUT2D eigenvalue weighted by Gasteiger charge is -2.35. The Morgan fingerprint density at radius 1 is 1.47 bits per heavy atom. The number of methoxy groups -OCH3 is 1. The summed E-state index contributed by atoms with van der Waals surface area (Å²) in [6.07, 6.45) is 3.38. The van der Waals surface area contributed by atoms with Crippen molar-refractivity contribution in [1.82, 2.24) is 5.32 Å². The fraction of sp³-hybridized carbons (Fsp3) is 0.462. The maximum absolute atomic E-state index is 5.78. The fourth-order valence-electron chi connectivity index (χ4n) is 2.90. The van der Waals surface area contributed by atoms with Crippen LogP contribution in [0, 0.1) is 0 Å². The van der Waals surface area contributed by atoms with E-state index in [0.717, 1.165) is 25.1 Å². The van der Waals surface area contributed by atoms with Crippen molar-refractivity contribution in [1.29, 1.82) is 0 Å². The Morgan fingerprint density at radius 2 is 2.35 bits per heavy atom. The Balaban J connectivity index is 2.06. The Morgan fingerprint density at radius 3 is 3.06 bits per heavy atom. The predicted octanol–water partition coefficient (Wildman–Crippen LogP) is 1.14. The molecule has 4 heteroatoms. The number of aryl methyl sites for hydroxylation is 1. The number of guanidine groups is 1. The van der Waals surface area contributed by atoms with E-state index in [1.165, 1.54) is 17.5 Å². The second kappa shape index (κ2) is 3.65. The molecule has 4 nitrogen and oxygen atoms in total. The van der Waals surface area contributed by atoms with Gasteiger partial charge in [-0.1, -0.05) is 6.07 Å². The van der Waals surface area contributed by atoms with Gasteiger partial charge in [0, 0.05) is 0 Å². The van der Waals surface area contributed by atoms with Crippen molar-refractivity contribution in [3.05, 3.63) is 29.3 Å². The Bertz CT molecular complexity index is 484. The van der Waals surface area contributed by atoms with Crippen molar-refractivity contribution in [2.45, 2.75) is 24.8 Å². The van der Waals surface area contributed by atoms with Gasteiger partial charge in [-0.25, -0.2) is 0 Å². The van der Waals surface area contributed by atoms with E-state index in [0.29, 0.717) is 5.96 Å². The number of ether oxygens (including phenoxy) is 1. The highest BCUT2D eigenvalue weighted by molar-refractivity contribution is 5.81. The van der Waals surface area contributed by atoms with E-state index >= 15 is 0 Å². The van der Waals surface area contributed by atoms with Crippen molar-refractivity contribution in [3.63, 3.8) is 0 Å². The molecule has 3 N–H and O–H groups in total. The molecule has 3 rings (SSSR count). The molecule has 1 heterocycles. The number of nitrogens with two attached hydrogens (primary N) is 1. The van der Waals surface area contributed by atoms with E-state index in [-0.39, 0.29) is 5.54 Å². The van der Waals surface area contributed by atoms with Crippen LogP contribution in [-0.4, -0.2) is 19.6 Å². The van der Waals surface area contributed by atoms with Crippen molar-refractivity contribution < 1.29 is 4.74 Å². The summed E-state index contributed by atoms with van der Waals surface area (Å²) in [6.45, 7) is 0.735. The molecule has 1 unspecified atom stereocenters. The van der Waals surface area contributed by atoms with Gasteiger partial charge in [-0.3, -0.25) is 4.99 Å². The lowest BCUT2D eigenvalue weighted by atomic mass is 9.77. The molecular weight excluding hydrogens is 214 g/mol. The highest BCUT2D eigenvalue weighted by Gasteiger charge is 2.40. The minimum Gasteiger partial charge on any atom is -0.497 e. The van der Waals surface area contributed by atoms with Crippen molar-refractivity contribution in [2.24, 2.45) is 10.7 Å². The predicted molar refractivity (Wildman–Crippen MR) is 67.2 cm³/mol. The second-order valence-electron chi connectivity index (χ2n) is 4.79. The number of benzene rings is 1. The average molecular weight is 231 g/mol. The molecule has 1 aliphatic heterocycles. The lowest BCUT2D eigenvalue weighted by Crippen LogP contribution is -2.47. The highest BCUT2D eigenvalue weighted by atomic mass is 16.5. The largest absolute Gasteiger partial charge is 0.497 e. The summed E-state index contributed by atoms with van der Waals surface area (Å²) < 4.78 is 5.31. The lowest BCUT2D eigenvalue weighted by molar-refractivity contribution is 0.356. The van der Waals surface area contributed by atoms with Gasteiger partial charge in [0.05, 0.1) is 19.2 Å². The summed E-state index contributed by atoms with van der Waals surface area (Å²) in [4.78, 5) is 4.31. The fourth-order valence-corrected chi connectivity index (χ4v) is 2.90. The number of nitrogens with zero attached hydrogens (tertiary/aromatic N) is 1. The van der Waals surface area contributed by atoms with Gasteiger partial charge in [0.15, 0.2) is 5.96 Å². The molecule has 0 aromatic heterocycles. The number of rotatable bonds is 1. The molecule has 90 valence electrons. The molecule has 0 saturated heterocycles. The zero-order valence-electron chi connectivity index (χ0n) is 9.99. The molecule has 0 fully saturated rings. The standard InChI is InChI=1S/C13H17N3O/c1-17-10-5-4-9-3-2-6-13(11(9)7-10)8-15-12(14)16-13/h4-5,7H,2-3,6,8H2,1H3,(H3,14,15,16). The van der Waals surface area contributed by atoms with E-state index in [1.54, 1.807) is 7.11 Å². The molecule has 0 amide bonds. The minimum absolute atomic E-state index is 0.0911. The van der Waals surface area contributed by atoms with Crippen LogP contribution in [-0.2, 0) is 12.0 Å². The van der Waals surface area contributed by atoms with Gasteiger partial charge >= 0.3 is 0 Å². The molecular formula is C13H17N3O. The van der Waals surface area contributed by atoms with Crippen LogP contribution in [0.4, 0.5) is 0 Å². The summed E-state index contributed by atoms with van der Waals surface area (Å²) in [5.41, 5.74) is 8.37. The third-order valence-electron chi connectivity index (χ3n) is 3.77. The topological polar surface area (TPSA) is 59.6 Å². The molecule has 1 aliphatic carbocycles. The zero-order chi connectivity index (χ0) is 11.9. The molecule has 1 aromatic carbocycles. The summed E-state index contributed by atoms with van der Waals surface area (Å²) >= 11 is 0. The van der Waals surface area contributed by atoms with E-state index in [9.17, 15) is 0 Å². The maximum atomic E-state index is 5.78. The maximum Gasteiger partial charge on any atom is 0.189 e. The van der Waals surface area contributed by atoms with E-state index in [2.05, 4.69) is 22.4 Å². The smallest absolute Gasteiger partial charge is 0.189 e. The monoisotopic (exact) mass is 231 g/mol. The second-order valence-corrected chi connectivity index (χ2v) is 4.79. The molecule has 17 heavy (non-hydrogen) atoms. The first-order valence-electron chi connectivity index (χ1n) is 5.99.